The maximum Gasteiger partial charge on any atom is 0.306 e. The van der Waals surface area contributed by atoms with Crippen LogP contribution in [0.25, 0.3) is 0 Å². The molecule has 0 rings (SSSR count). The molecule has 0 radical (unpaired) electrons. The summed E-state index contributed by atoms with van der Waals surface area (Å²) in [6.45, 7) is 6.94. The van der Waals surface area contributed by atoms with Crippen LogP contribution in [0.15, 0.2) is 24.3 Å². The van der Waals surface area contributed by atoms with Crippen molar-refractivity contribution in [3.63, 3.8) is 0 Å². The van der Waals surface area contributed by atoms with E-state index in [1.54, 1.807) is 0 Å². The number of likely N-dealkylation sites (N-methyl/N-ethyl adjacent to an activating group) is 1. The van der Waals surface area contributed by atoms with E-state index in [-0.39, 0.29) is 31.5 Å². The van der Waals surface area contributed by atoms with E-state index in [1.165, 1.54) is 353 Å². The van der Waals surface area contributed by atoms with E-state index in [1.807, 2.05) is 33.3 Å². The lowest BCUT2D eigenvalue weighted by molar-refractivity contribution is -0.870. The summed E-state index contributed by atoms with van der Waals surface area (Å²) in [5, 5.41) is 3.07. The highest BCUT2D eigenvalue weighted by Gasteiger charge is 2.27. The van der Waals surface area contributed by atoms with E-state index in [2.05, 4.69) is 38.2 Å². The van der Waals surface area contributed by atoms with Crippen molar-refractivity contribution in [2.45, 2.75) is 457 Å². The minimum absolute atomic E-state index is 0.0172. The number of esters is 1. The number of hydrogen-bond donors (Lipinski definition) is 1. The fourth-order valence-corrected chi connectivity index (χ4v) is 13.7. The van der Waals surface area contributed by atoms with Crippen LogP contribution < -0.4 is 10.2 Å². The summed E-state index contributed by atoms with van der Waals surface area (Å²) in [6.07, 6.45) is 92.0. The molecule has 1 N–H and O–H groups in total. The fraction of sp³-hybridized carbons (Fsp3) is 0.928. The summed E-state index contributed by atoms with van der Waals surface area (Å²) in [4.78, 5) is 40.4. The zero-order valence-corrected chi connectivity index (χ0v) is 64.4. The number of nitrogens with one attached hydrogen (secondary N) is 1. The second kappa shape index (κ2) is 73.2. The fourth-order valence-electron chi connectivity index (χ4n) is 13.0. The Morgan fingerprint density at radius 1 is 0.366 bits per heavy atom. The van der Waals surface area contributed by atoms with Gasteiger partial charge >= 0.3 is 5.97 Å². The van der Waals surface area contributed by atoms with Crippen LogP contribution in [0.4, 0.5) is 0 Å². The molecule has 1 amide bonds. The van der Waals surface area contributed by atoms with Gasteiger partial charge in [0, 0.05) is 12.8 Å². The molecule has 0 spiro atoms. The van der Waals surface area contributed by atoms with Crippen molar-refractivity contribution in [1.29, 1.82) is 0 Å². The van der Waals surface area contributed by atoms with Crippen LogP contribution in [-0.4, -0.2) is 69.4 Å². The highest BCUT2D eigenvalue weighted by atomic mass is 31.2. The monoisotopic (exact) mass is 1330 g/mol. The van der Waals surface area contributed by atoms with E-state index in [0.29, 0.717) is 17.4 Å². The number of phosphoric ester groups is 1. The highest BCUT2D eigenvalue weighted by molar-refractivity contribution is 7.45. The Morgan fingerprint density at radius 2 is 0.624 bits per heavy atom. The molecule has 0 aromatic carbocycles. The van der Waals surface area contributed by atoms with Gasteiger partial charge in [-0.15, -0.1) is 0 Å². The molecule has 3 atom stereocenters. The summed E-state index contributed by atoms with van der Waals surface area (Å²) in [7, 11) is 1.21. The molecule has 3 unspecified atom stereocenters. The zero-order chi connectivity index (χ0) is 67.8. The molecular weight excluding hydrogens is 1170 g/mol. The van der Waals surface area contributed by atoms with Gasteiger partial charge < -0.3 is 28.5 Å². The molecule has 0 aliphatic rings. The van der Waals surface area contributed by atoms with Gasteiger partial charge in [-0.1, -0.05) is 399 Å². The molecule has 0 heterocycles. The lowest BCUT2D eigenvalue weighted by Crippen LogP contribution is -2.47. The number of carbonyl (C=O) groups excluding carboxylic acids is 2. The van der Waals surface area contributed by atoms with Gasteiger partial charge in [0.05, 0.1) is 33.8 Å². The normalized spacial score (nSPS) is 13.4. The van der Waals surface area contributed by atoms with E-state index < -0.39 is 20.0 Å². The van der Waals surface area contributed by atoms with Crippen molar-refractivity contribution in [2.24, 2.45) is 0 Å². The van der Waals surface area contributed by atoms with Gasteiger partial charge in [-0.05, 0) is 57.4 Å². The highest BCUT2D eigenvalue weighted by Crippen LogP contribution is 2.38. The van der Waals surface area contributed by atoms with E-state index in [9.17, 15) is 19.0 Å². The average molecular weight is 1330 g/mol. The van der Waals surface area contributed by atoms with Gasteiger partial charge in [0.2, 0.25) is 5.91 Å². The summed E-state index contributed by atoms with van der Waals surface area (Å²) in [5.41, 5.74) is 0. The quantitative estimate of drug-likeness (QED) is 0.0212. The first kappa shape index (κ1) is 91.5. The van der Waals surface area contributed by atoms with E-state index >= 15 is 0 Å². The number of carbonyl (C=O) groups is 2. The van der Waals surface area contributed by atoms with Crippen molar-refractivity contribution >= 4 is 19.7 Å². The summed E-state index contributed by atoms with van der Waals surface area (Å²) in [6, 6.07) is -0.884. The molecule has 0 aliphatic carbocycles. The minimum atomic E-state index is -4.71. The van der Waals surface area contributed by atoms with Gasteiger partial charge in [-0.3, -0.25) is 14.2 Å². The zero-order valence-electron chi connectivity index (χ0n) is 63.5. The summed E-state index contributed by atoms with van der Waals surface area (Å²) in [5.74, 6) is -0.510. The largest absolute Gasteiger partial charge is 0.756 e. The standard InChI is InChI=1S/C83H163N2O7P/c1-7-10-13-16-19-22-25-28-30-32-34-36-38-40-42-44-46-48-50-52-54-57-60-63-66-69-72-75-82(86)84-80(79-91-93(88,89)90-78-77-85(4,5)6)81(74-71-68-65-62-59-56-27-24-21-18-15-12-9-3)92-83(87)76-73-70-67-64-61-58-55-53-51-49-47-45-43-41-39-37-35-33-31-29-26-23-20-17-14-11-8-2/h29,31,71,74,80-81H,7-28,30,32-70,72-73,75-79H2,1-6H3,(H-,84,86,88,89)/b31-29+,74-71+. The number of rotatable bonds is 78. The maximum absolute atomic E-state index is 13.7. The first-order valence-electron chi connectivity index (χ1n) is 41.6. The number of hydrogen-bond acceptors (Lipinski definition) is 7. The SMILES string of the molecule is CCCCCCCC/C=C/CCCCCCCCCCCCCCCCCCCC(=O)OC(/C=C/CCCCCCCCCCCCC)C(COP(=O)([O-])OCC[N+](C)(C)C)NC(=O)CCCCCCCCCCCCCCCCCCCCCCCCCCCCC. The number of allylic oxidation sites excluding steroid dienone is 3. The Labute approximate surface area is 581 Å². The smallest absolute Gasteiger partial charge is 0.306 e. The number of nitrogens with zero attached hydrogens (tertiary/aromatic N) is 1. The molecule has 0 aliphatic heterocycles. The summed E-state index contributed by atoms with van der Waals surface area (Å²) < 4.78 is 30.6. The molecule has 0 saturated carbocycles. The third-order valence-corrected chi connectivity index (χ3v) is 20.3. The number of unbranched alkanes of at least 4 members (excludes halogenated alkanes) is 60. The van der Waals surface area contributed by atoms with E-state index in [4.69, 9.17) is 13.8 Å². The van der Waals surface area contributed by atoms with Crippen molar-refractivity contribution < 1.29 is 37.3 Å². The average Bonchev–Trinajstić information content (AvgIpc) is 2.15. The molecule has 9 nitrogen and oxygen atoms in total. The van der Waals surface area contributed by atoms with Gasteiger partial charge in [0.25, 0.3) is 7.82 Å². The van der Waals surface area contributed by atoms with E-state index in [0.717, 1.165) is 57.8 Å². The Bertz CT molecular complexity index is 1630. The van der Waals surface area contributed by atoms with Crippen LogP contribution in [0.1, 0.15) is 445 Å². The third kappa shape index (κ3) is 74.6. The van der Waals surface area contributed by atoms with Crippen molar-refractivity contribution in [3.05, 3.63) is 24.3 Å². The van der Waals surface area contributed by atoms with Crippen LogP contribution in [0, 0.1) is 0 Å². The van der Waals surface area contributed by atoms with Crippen LogP contribution in [0.5, 0.6) is 0 Å². The summed E-state index contributed by atoms with van der Waals surface area (Å²) >= 11 is 0. The lowest BCUT2D eigenvalue weighted by Gasteiger charge is -2.30. The predicted molar refractivity (Wildman–Crippen MR) is 404 cm³/mol. The van der Waals surface area contributed by atoms with Crippen LogP contribution in [-0.2, 0) is 27.9 Å². The number of phosphoric acid groups is 1. The molecule has 0 bridgehead atoms. The third-order valence-electron chi connectivity index (χ3n) is 19.4. The van der Waals surface area contributed by atoms with Crippen molar-refractivity contribution in [2.75, 3.05) is 40.9 Å². The second-order valence-corrected chi connectivity index (χ2v) is 31.4. The molecule has 93 heavy (non-hydrogen) atoms. The Hall–Kier alpha value is -1.51. The van der Waals surface area contributed by atoms with Crippen LogP contribution in [0.3, 0.4) is 0 Å². The molecule has 0 aromatic heterocycles. The number of quaternary nitrogens is 1. The molecule has 0 fully saturated rings. The van der Waals surface area contributed by atoms with Crippen molar-refractivity contribution in [1.82, 2.24) is 5.32 Å². The van der Waals surface area contributed by atoms with Gasteiger partial charge in [0.15, 0.2) is 0 Å². The molecule has 552 valence electrons. The first-order chi connectivity index (χ1) is 45.4. The maximum atomic E-state index is 13.7. The Kier molecular flexibility index (Phi) is 72.0. The number of amides is 1. The lowest BCUT2D eigenvalue weighted by atomic mass is 10.0. The van der Waals surface area contributed by atoms with Gasteiger partial charge in [0.1, 0.15) is 19.3 Å². The molecular formula is C83H163N2O7P. The first-order valence-corrected chi connectivity index (χ1v) is 43.1. The minimum Gasteiger partial charge on any atom is -0.756 e. The molecule has 0 aromatic rings. The Balaban J connectivity index is 4.87. The van der Waals surface area contributed by atoms with Gasteiger partial charge in [-0.2, -0.15) is 0 Å². The van der Waals surface area contributed by atoms with Crippen LogP contribution >= 0.6 is 7.82 Å². The van der Waals surface area contributed by atoms with Crippen molar-refractivity contribution in [3.8, 4) is 0 Å². The topological polar surface area (TPSA) is 114 Å². The predicted octanol–water partition coefficient (Wildman–Crippen LogP) is 26.5. The number of ether oxygens (including phenoxy) is 1. The van der Waals surface area contributed by atoms with Gasteiger partial charge in [-0.25, -0.2) is 0 Å². The second-order valence-electron chi connectivity index (χ2n) is 30.0. The molecule has 10 heteroatoms. The van der Waals surface area contributed by atoms with Crippen LogP contribution in [0.2, 0.25) is 0 Å². The molecule has 0 saturated heterocycles. The Morgan fingerprint density at radius 3 is 0.914 bits per heavy atom.